The van der Waals surface area contributed by atoms with Gasteiger partial charge in [-0.1, -0.05) is 29.3 Å². The Kier molecular flexibility index (Phi) is 5.68. The van der Waals surface area contributed by atoms with Crippen LogP contribution in [0.1, 0.15) is 18.1 Å². The van der Waals surface area contributed by atoms with Gasteiger partial charge in [0.2, 0.25) is 0 Å². The van der Waals surface area contributed by atoms with Gasteiger partial charge in [-0.15, -0.1) is 0 Å². The van der Waals surface area contributed by atoms with Gasteiger partial charge in [0.05, 0.1) is 17.8 Å². The van der Waals surface area contributed by atoms with Crippen molar-refractivity contribution in [3.05, 3.63) is 51.5 Å². The predicted octanol–water partition coefficient (Wildman–Crippen LogP) is 4.83. The summed E-state index contributed by atoms with van der Waals surface area (Å²) in [7, 11) is -2.41. The first-order valence-electron chi connectivity index (χ1n) is 7.36. The van der Waals surface area contributed by atoms with Crippen LogP contribution in [0, 0.1) is 13.8 Å². The summed E-state index contributed by atoms with van der Waals surface area (Å²) in [5.74, 6) is 0.329. The van der Waals surface area contributed by atoms with Gasteiger partial charge in [0.25, 0.3) is 10.0 Å². The number of methoxy groups -OCH3 is 1. The summed E-state index contributed by atoms with van der Waals surface area (Å²) in [5, 5.41) is 0.0367. The number of rotatable bonds is 5. The van der Waals surface area contributed by atoms with E-state index >= 15 is 0 Å². The molecular weight excluding hydrogens is 369 g/mol. The van der Waals surface area contributed by atoms with Gasteiger partial charge >= 0.3 is 0 Å². The Morgan fingerprint density at radius 3 is 2.25 bits per heavy atom. The molecule has 0 unspecified atom stereocenters. The lowest BCUT2D eigenvalue weighted by Crippen LogP contribution is -2.31. The fourth-order valence-electron chi connectivity index (χ4n) is 2.36. The van der Waals surface area contributed by atoms with E-state index in [0.717, 1.165) is 11.1 Å². The molecule has 0 heterocycles. The number of hydrogen-bond donors (Lipinski definition) is 0. The van der Waals surface area contributed by atoms with Crippen LogP contribution in [-0.4, -0.2) is 22.1 Å². The fourth-order valence-corrected chi connectivity index (χ4v) is 4.65. The quantitative estimate of drug-likeness (QED) is 0.737. The molecule has 2 aromatic rings. The third-order valence-corrected chi connectivity index (χ3v) is 6.79. The number of aryl methyl sites for hydroxylation is 2. The van der Waals surface area contributed by atoms with Gasteiger partial charge in [-0.2, -0.15) is 0 Å². The number of anilines is 1. The summed E-state index contributed by atoms with van der Waals surface area (Å²) in [6.07, 6.45) is 0. The standard InChI is InChI=1S/C17H19Cl2NO3S/c1-5-20(13-7-6-11(2)12(3)10-13)24(21,22)15-9-8-14(23-4)16(18)17(15)19/h6-10H,5H2,1-4H3. The van der Waals surface area contributed by atoms with Gasteiger partial charge in [0, 0.05) is 6.54 Å². The van der Waals surface area contributed by atoms with Crippen LogP contribution in [0.3, 0.4) is 0 Å². The number of ether oxygens (including phenoxy) is 1. The van der Waals surface area contributed by atoms with Crippen LogP contribution >= 0.6 is 23.2 Å². The molecule has 0 amide bonds. The highest BCUT2D eigenvalue weighted by Gasteiger charge is 2.28. The molecule has 7 heteroatoms. The van der Waals surface area contributed by atoms with Crippen molar-refractivity contribution >= 4 is 38.9 Å². The van der Waals surface area contributed by atoms with Crippen LogP contribution in [0.25, 0.3) is 0 Å². The summed E-state index contributed by atoms with van der Waals surface area (Å²) in [4.78, 5) is -0.0463. The normalized spacial score (nSPS) is 11.4. The first kappa shape index (κ1) is 18.9. The molecule has 2 aromatic carbocycles. The SMILES string of the molecule is CCN(c1ccc(C)c(C)c1)S(=O)(=O)c1ccc(OC)c(Cl)c1Cl. The highest BCUT2D eigenvalue weighted by atomic mass is 35.5. The van der Waals surface area contributed by atoms with Crippen molar-refractivity contribution in [2.45, 2.75) is 25.7 Å². The summed E-state index contributed by atoms with van der Waals surface area (Å²) < 4.78 is 32.5. The third kappa shape index (κ3) is 3.34. The molecule has 0 bridgehead atoms. The van der Waals surface area contributed by atoms with E-state index in [1.54, 1.807) is 13.0 Å². The molecule has 0 aliphatic rings. The zero-order chi connectivity index (χ0) is 18.1. The Morgan fingerprint density at radius 1 is 1.04 bits per heavy atom. The molecule has 0 radical (unpaired) electrons. The third-order valence-electron chi connectivity index (χ3n) is 3.87. The Bertz CT molecular complexity index is 866. The van der Waals surface area contributed by atoms with Crippen LogP contribution in [-0.2, 0) is 10.0 Å². The Hall–Kier alpha value is -1.43. The number of nitrogens with zero attached hydrogens (tertiary/aromatic N) is 1. The molecule has 0 fully saturated rings. The summed E-state index contributed by atoms with van der Waals surface area (Å²) >= 11 is 12.3. The number of sulfonamides is 1. The van der Waals surface area contributed by atoms with E-state index in [1.165, 1.54) is 23.5 Å². The minimum Gasteiger partial charge on any atom is -0.495 e. The molecule has 0 N–H and O–H groups in total. The number of benzene rings is 2. The van der Waals surface area contributed by atoms with Crippen molar-refractivity contribution in [2.24, 2.45) is 0 Å². The minimum atomic E-state index is -3.85. The van der Waals surface area contributed by atoms with Crippen molar-refractivity contribution < 1.29 is 13.2 Å². The lowest BCUT2D eigenvalue weighted by Gasteiger charge is -2.24. The summed E-state index contributed by atoms with van der Waals surface area (Å²) in [5.41, 5.74) is 2.70. The zero-order valence-corrected chi connectivity index (χ0v) is 16.3. The highest BCUT2D eigenvalue weighted by Crippen LogP contribution is 2.38. The number of hydrogen-bond acceptors (Lipinski definition) is 3. The molecule has 130 valence electrons. The first-order valence-corrected chi connectivity index (χ1v) is 9.55. The molecule has 0 saturated carbocycles. The maximum absolute atomic E-state index is 13.1. The minimum absolute atomic E-state index is 0.0432. The molecule has 0 spiro atoms. The maximum Gasteiger partial charge on any atom is 0.265 e. The van der Waals surface area contributed by atoms with Crippen LogP contribution < -0.4 is 9.04 Å². The second kappa shape index (κ2) is 7.21. The molecule has 24 heavy (non-hydrogen) atoms. The maximum atomic E-state index is 13.1. The van der Waals surface area contributed by atoms with E-state index in [4.69, 9.17) is 27.9 Å². The van der Waals surface area contributed by atoms with Crippen molar-refractivity contribution in [2.75, 3.05) is 18.0 Å². The van der Waals surface area contributed by atoms with Gasteiger partial charge in [-0.05, 0) is 56.2 Å². The van der Waals surface area contributed by atoms with E-state index in [0.29, 0.717) is 11.4 Å². The summed E-state index contributed by atoms with van der Waals surface area (Å²) in [6.45, 7) is 5.96. The number of halogens is 2. The molecular formula is C17H19Cl2NO3S. The molecule has 0 atom stereocenters. The van der Waals surface area contributed by atoms with Gasteiger partial charge < -0.3 is 4.74 Å². The van der Waals surface area contributed by atoms with E-state index in [1.807, 2.05) is 26.0 Å². The Labute approximate surface area is 153 Å². The van der Waals surface area contributed by atoms with Crippen molar-refractivity contribution in [1.29, 1.82) is 0 Å². The smallest absolute Gasteiger partial charge is 0.265 e. The van der Waals surface area contributed by atoms with E-state index < -0.39 is 10.0 Å². The molecule has 0 aliphatic heterocycles. The van der Waals surface area contributed by atoms with Crippen LogP contribution in [0.15, 0.2) is 35.2 Å². The fraction of sp³-hybridized carbons (Fsp3) is 0.294. The van der Waals surface area contributed by atoms with Gasteiger partial charge in [0.15, 0.2) is 0 Å². The largest absolute Gasteiger partial charge is 0.495 e. The zero-order valence-electron chi connectivity index (χ0n) is 13.9. The monoisotopic (exact) mass is 387 g/mol. The van der Waals surface area contributed by atoms with Crippen LogP contribution in [0.5, 0.6) is 5.75 Å². The van der Waals surface area contributed by atoms with Crippen molar-refractivity contribution in [3.8, 4) is 5.75 Å². The predicted molar refractivity (Wildman–Crippen MR) is 99.1 cm³/mol. The van der Waals surface area contributed by atoms with E-state index in [9.17, 15) is 8.42 Å². The van der Waals surface area contributed by atoms with Gasteiger partial charge in [-0.3, -0.25) is 4.31 Å². The van der Waals surface area contributed by atoms with Gasteiger partial charge in [0.1, 0.15) is 15.7 Å². The molecule has 0 saturated heterocycles. The summed E-state index contributed by atoms with van der Waals surface area (Å²) in [6, 6.07) is 8.42. The lowest BCUT2D eigenvalue weighted by molar-refractivity contribution is 0.414. The molecule has 2 rings (SSSR count). The van der Waals surface area contributed by atoms with E-state index in [-0.39, 0.29) is 21.5 Å². The molecule has 4 nitrogen and oxygen atoms in total. The lowest BCUT2D eigenvalue weighted by atomic mass is 10.1. The second-order valence-electron chi connectivity index (χ2n) is 5.33. The first-order chi connectivity index (χ1) is 11.2. The average Bonchev–Trinajstić information content (AvgIpc) is 2.53. The molecule has 0 aliphatic carbocycles. The van der Waals surface area contributed by atoms with E-state index in [2.05, 4.69) is 0 Å². The average molecular weight is 388 g/mol. The highest BCUT2D eigenvalue weighted by molar-refractivity contribution is 7.93. The second-order valence-corrected chi connectivity index (χ2v) is 7.92. The van der Waals surface area contributed by atoms with Crippen LogP contribution in [0.2, 0.25) is 10.0 Å². The Morgan fingerprint density at radius 2 is 1.71 bits per heavy atom. The van der Waals surface area contributed by atoms with Crippen molar-refractivity contribution in [1.82, 2.24) is 0 Å². The van der Waals surface area contributed by atoms with Crippen molar-refractivity contribution in [3.63, 3.8) is 0 Å². The topological polar surface area (TPSA) is 46.6 Å². The van der Waals surface area contributed by atoms with Gasteiger partial charge in [-0.25, -0.2) is 8.42 Å². The van der Waals surface area contributed by atoms with Crippen LogP contribution in [0.4, 0.5) is 5.69 Å². The molecule has 0 aromatic heterocycles. The Balaban J connectivity index is 2.59.